The Hall–Kier alpha value is -4.07. The van der Waals surface area contributed by atoms with E-state index in [2.05, 4.69) is 64.6 Å². The topological polar surface area (TPSA) is 83.8 Å². The Morgan fingerprint density at radius 2 is 1.91 bits per heavy atom. The van der Waals surface area contributed by atoms with E-state index in [0.29, 0.717) is 17.3 Å². The fraction of sp³-hybridized carbons (Fsp3) is 0.259. The minimum absolute atomic E-state index is 0.185. The molecule has 0 fully saturated rings. The Balaban J connectivity index is 1.34. The van der Waals surface area contributed by atoms with Crippen LogP contribution in [0, 0.1) is 5.82 Å². The summed E-state index contributed by atoms with van der Waals surface area (Å²) in [4.78, 5) is 17.1. The summed E-state index contributed by atoms with van der Waals surface area (Å²) in [5.41, 5.74) is 7.23. The van der Waals surface area contributed by atoms with Crippen LogP contribution in [0.25, 0.3) is 28.3 Å². The van der Waals surface area contributed by atoms with Gasteiger partial charge in [-0.15, -0.1) is 0 Å². The first-order valence-corrected chi connectivity index (χ1v) is 11.9. The molecule has 0 spiro atoms. The van der Waals surface area contributed by atoms with E-state index < -0.39 is 5.82 Å². The van der Waals surface area contributed by atoms with E-state index in [9.17, 15) is 4.39 Å². The van der Waals surface area contributed by atoms with Crippen molar-refractivity contribution in [2.45, 2.75) is 45.1 Å². The molecule has 8 heteroatoms. The Labute approximate surface area is 202 Å². The molecule has 4 aromatic heterocycles. The van der Waals surface area contributed by atoms with Crippen molar-refractivity contribution in [2.75, 3.05) is 5.32 Å². The molecule has 1 unspecified atom stereocenters. The van der Waals surface area contributed by atoms with Crippen molar-refractivity contribution in [3.8, 4) is 22.6 Å². The molecule has 1 aliphatic rings. The van der Waals surface area contributed by atoms with Gasteiger partial charge in [-0.25, -0.2) is 9.37 Å². The average molecular weight is 468 g/mol. The van der Waals surface area contributed by atoms with Gasteiger partial charge in [0, 0.05) is 34.8 Å². The molecule has 1 aliphatic carbocycles. The monoisotopic (exact) mass is 467 g/mol. The number of pyridine rings is 1. The predicted octanol–water partition coefficient (Wildman–Crippen LogP) is 5.41. The van der Waals surface area contributed by atoms with Crippen LogP contribution in [-0.4, -0.2) is 35.6 Å². The number of hydrogen-bond acceptors (Lipinski definition) is 5. The predicted molar refractivity (Wildman–Crippen MR) is 134 cm³/mol. The van der Waals surface area contributed by atoms with Gasteiger partial charge in [0.15, 0.2) is 11.5 Å². The SMILES string of the molecule is CC(C)c1cnn2c(NC3CCc4[nH]c(-c5ccccc5)cc4C3)nc(-c3cncc(F)c3)nc12. The highest BCUT2D eigenvalue weighted by Crippen LogP contribution is 2.30. The molecule has 0 saturated carbocycles. The van der Waals surface area contributed by atoms with Crippen LogP contribution in [0.5, 0.6) is 0 Å². The fourth-order valence-electron chi connectivity index (χ4n) is 4.77. The smallest absolute Gasteiger partial charge is 0.228 e. The van der Waals surface area contributed by atoms with Crippen LogP contribution in [-0.2, 0) is 12.8 Å². The second-order valence-electron chi connectivity index (χ2n) is 9.39. The Kier molecular flexibility index (Phi) is 5.28. The second kappa shape index (κ2) is 8.61. The van der Waals surface area contributed by atoms with Crippen LogP contribution in [0.1, 0.15) is 43.0 Å². The number of aryl methyl sites for hydroxylation is 1. The molecular formula is C27H26FN7. The largest absolute Gasteiger partial charge is 0.358 e. The third-order valence-corrected chi connectivity index (χ3v) is 6.60. The summed E-state index contributed by atoms with van der Waals surface area (Å²) in [6, 6.07) is 14.2. The summed E-state index contributed by atoms with van der Waals surface area (Å²) in [6.45, 7) is 4.21. The van der Waals surface area contributed by atoms with Crippen LogP contribution in [0.15, 0.2) is 61.1 Å². The molecule has 35 heavy (non-hydrogen) atoms. The van der Waals surface area contributed by atoms with Crippen LogP contribution in [0.3, 0.4) is 0 Å². The number of rotatable bonds is 5. The van der Waals surface area contributed by atoms with E-state index in [1.165, 1.54) is 29.1 Å². The van der Waals surface area contributed by atoms with Crippen LogP contribution in [0.2, 0.25) is 0 Å². The Morgan fingerprint density at radius 1 is 1.06 bits per heavy atom. The number of nitrogens with one attached hydrogen (secondary N) is 2. The number of aromatic nitrogens is 6. The van der Waals surface area contributed by atoms with E-state index in [-0.39, 0.29) is 12.0 Å². The zero-order valence-electron chi connectivity index (χ0n) is 19.7. The van der Waals surface area contributed by atoms with Gasteiger partial charge in [-0.2, -0.15) is 14.6 Å². The molecule has 2 N–H and O–H groups in total. The summed E-state index contributed by atoms with van der Waals surface area (Å²) < 4.78 is 15.7. The number of H-pyrrole nitrogens is 1. The zero-order valence-corrected chi connectivity index (χ0v) is 19.7. The molecule has 0 bridgehead atoms. The Morgan fingerprint density at radius 3 is 2.71 bits per heavy atom. The zero-order chi connectivity index (χ0) is 23.9. The second-order valence-corrected chi connectivity index (χ2v) is 9.39. The van der Waals surface area contributed by atoms with Crippen molar-refractivity contribution < 1.29 is 4.39 Å². The van der Waals surface area contributed by atoms with Gasteiger partial charge in [0.25, 0.3) is 0 Å². The molecule has 1 atom stereocenters. The summed E-state index contributed by atoms with van der Waals surface area (Å²) >= 11 is 0. The molecule has 1 aromatic carbocycles. The number of fused-ring (bicyclic) bond motifs is 2. The lowest BCUT2D eigenvalue weighted by Gasteiger charge is -2.24. The van der Waals surface area contributed by atoms with Gasteiger partial charge < -0.3 is 10.3 Å². The number of aromatic amines is 1. The molecular weight excluding hydrogens is 441 g/mol. The average Bonchev–Trinajstić information content (AvgIpc) is 3.49. The lowest BCUT2D eigenvalue weighted by atomic mass is 9.93. The molecule has 5 aromatic rings. The molecule has 0 aliphatic heterocycles. The van der Waals surface area contributed by atoms with E-state index in [0.717, 1.165) is 36.2 Å². The normalized spacial score (nSPS) is 15.5. The fourth-order valence-corrected chi connectivity index (χ4v) is 4.77. The lowest BCUT2D eigenvalue weighted by Crippen LogP contribution is -2.28. The molecule has 0 radical (unpaired) electrons. The van der Waals surface area contributed by atoms with Gasteiger partial charge in [-0.1, -0.05) is 44.2 Å². The number of nitrogens with zero attached hydrogens (tertiary/aromatic N) is 5. The number of anilines is 1. The summed E-state index contributed by atoms with van der Waals surface area (Å²) in [6.07, 6.45) is 7.39. The van der Waals surface area contributed by atoms with E-state index >= 15 is 0 Å². The van der Waals surface area contributed by atoms with Gasteiger partial charge in [0.2, 0.25) is 5.95 Å². The number of benzene rings is 1. The van der Waals surface area contributed by atoms with Crippen molar-refractivity contribution in [3.05, 3.63) is 83.7 Å². The molecule has 176 valence electrons. The maximum absolute atomic E-state index is 13.9. The van der Waals surface area contributed by atoms with Crippen molar-refractivity contribution in [1.82, 2.24) is 29.5 Å². The first kappa shape index (κ1) is 21.5. The van der Waals surface area contributed by atoms with Crippen molar-refractivity contribution in [1.29, 1.82) is 0 Å². The molecule has 0 saturated heterocycles. The highest BCUT2D eigenvalue weighted by Gasteiger charge is 2.24. The lowest BCUT2D eigenvalue weighted by molar-refractivity contribution is 0.597. The highest BCUT2D eigenvalue weighted by molar-refractivity contribution is 5.63. The number of halogens is 1. The molecule has 7 nitrogen and oxygen atoms in total. The van der Waals surface area contributed by atoms with E-state index in [1.807, 2.05) is 12.3 Å². The maximum Gasteiger partial charge on any atom is 0.228 e. The van der Waals surface area contributed by atoms with Gasteiger partial charge in [-0.05, 0) is 48.4 Å². The van der Waals surface area contributed by atoms with Gasteiger partial charge in [0.1, 0.15) is 5.82 Å². The summed E-state index contributed by atoms with van der Waals surface area (Å²) in [7, 11) is 0. The van der Waals surface area contributed by atoms with Crippen molar-refractivity contribution >= 4 is 11.6 Å². The minimum Gasteiger partial charge on any atom is -0.358 e. The standard InChI is InChI=1S/C27H26FN7/c1-16(2)22-15-30-35-26(22)33-25(19-10-20(28)14-29-13-19)34-27(35)31-21-8-9-23-18(11-21)12-24(32-23)17-6-4-3-5-7-17/h3-7,10,12-16,21,32H,8-9,11H2,1-2H3,(H,31,33,34). The quantitative estimate of drug-likeness (QED) is 0.361. The number of hydrogen-bond donors (Lipinski definition) is 2. The molecule has 6 rings (SSSR count). The molecule has 4 heterocycles. The highest BCUT2D eigenvalue weighted by atomic mass is 19.1. The van der Waals surface area contributed by atoms with E-state index in [4.69, 9.17) is 9.97 Å². The first-order chi connectivity index (χ1) is 17.0. The maximum atomic E-state index is 13.9. The summed E-state index contributed by atoms with van der Waals surface area (Å²) in [5, 5.41) is 8.19. The first-order valence-electron chi connectivity index (χ1n) is 11.9. The third-order valence-electron chi connectivity index (χ3n) is 6.60. The van der Waals surface area contributed by atoms with Gasteiger partial charge in [0.05, 0.1) is 12.4 Å². The van der Waals surface area contributed by atoms with Gasteiger partial charge >= 0.3 is 0 Å². The van der Waals surface area contributed by atoms with Crippen LogP contribution >= 0.6 is 0 Å². The van der Waals surface area contributed by atoms with Crippen molar-refractivity contribution in [2.24, 2.45) is 0 Å². The van der Waals surface area contributed by atoms with Crippen LogP contribution < -0.4 is 5.32 Å². The third kappa shape index (κ3) is 4.05. The van der Waals surface area contributed by atoms with E-state index in [1.54, 1.807) is 10.7 Å². The minimum atomic E-state index is -0.417. The Bertz CT molecular complexity index is 1500. The molecule has 0 amide bonds. The summed E-state index contributed by atoms with van der Waals surface area (Å²) in [5.74, 6) is 0.856. The van der Waals surface area contributed by atoms with Gasteiger partial charge in [-0.3, -0.25) is 4.98 Å². The van der Waals surface area contributed by atoms with Crippen molar-refractivity contribution in [3.63, 3.8) is 0 Å². The van der Waals surface area contributed by atoms with Crippen LogP contribution in [0.4, 0.5) is 10.3 Å².